The third kappa shape index (κ3) is 4.57. The molecule has 8 heteroatoms. The van der Waals surface area contributed by atoms with Gasteiger partial charge in [0.15, 0.2) is 0 Å². The average molecular weight is 382 g/mol. The van der Waals surface area contributed by atoms with E-state index < -0.39 is 0 Å². The number of anilines is 3. The molecule has 1 aromatic carbocycles. The van der Waals surface area contributed by atoms with Gasteiger partial charge in [-0.15, -0.1) is 0 Å². The fourth-order valence-corrected chi connectivity index (χ4v) is 3.16. The van der Waals surface area contributed by atoms with E-state index in [9.17, 15) is 9.59 Å². The van der Waals surface area contributed by atoms with Gasteiger partial charge in [-0.3, -0.25) is 9.59 Å². The molecule has 3 rings (SSSR count). The van der Waals surface area contributed by atoms with Crippen LogP contribution in [0.5, 0.6) is 0 Å². The largest absolute Gasteiger partial charge is 0.378 e. The molecule has 1 fully saturated rings. The number of hydrogen-bond acceptors (Lipinski definition) is 6. The highest BCUT2D eigenvalue weighted by molar-refractivity contribution is 5.97. The van der Waals surface area contributed by atoms with Gasteiger partial charge in [-0.05, 0) is 30.3 Å². The lowest BCUT2D eigenvalue weighted by Crippen LogP contribution is -2.52. The van der Waals surface area contributed by atoms with E-state index in [1.807, 2.05) is 43.3 Å². The fraction of sp³-hybridized carbons (Fsp3) is 0.400. The molecule has 0 N–H and O–H groups in total. The van der Waals surface area contributed by atoms with Crippen LogP contribution in [-0.2, 0) is 9.59 Å². The quantitative estimate of drug-likeness (QED) is 0.775. The van der Waals surface area contributed by atoms with Crippen molar-refractivity contribution in [1.29, 1.82) is 0 Å². The molecule has 0 spiro atoms. The van der Waals surface area contributed by atoms with Gasteiger partial charge in [-0.25, -0.2) is 9.97 Å². The summed E-state index contributed by atoms with van der Waals surface area (Å²) in [7, 11) is 3.92. The summed E-state index contributed by atoms with van der Waals surface area (Å²) >= 11 is 0. The molecule has 2 aromatic rings. The summed E-state index contributed by atoms with van der Waals surface area (Å²) in [6.45, 7) is 4.04. The van der Waals surface area contributed by atoms with E-state index in [0.717, 1.165) is 11.4 Å². The molecule has 28 heavy (non-hydrogen) atoms. The van der Waals surface area contributed by atoms with Gasteiger partial charge in [0.2, 0.25) is 17.8 Å². The van der Waals surface area contributed by atoms with Crippen molar-refractivity contribution < 1.29 is 9.59 Å². The normalized spacial score (nSPS) is 14.0. The van der Waals surface area contributed by atoms with Crippen molar-refractivity contribution in [1.82, 2.24) is 14.9 Å². The summed E-state index contributed by atoms with van der Waals surface area (Å²) in [6, 6.07) is 9.40. The first kappa shape index (κ1) is 19.6. The Morgan fingerprint density at radius 3 is 2.07 bits per heavy atom. The maximum atomic E-state index is 12.8. The maximum absolute atomic E-state index is 12.8. The van der Waals surface area contributed by atoms with Crippen LogP contribution in [0.3, 0.4) is 0 Å². The second-order valence-electron chi connectivity index (χ2n) is 6.93. The smallest absolute Gasteiger partial charge is 0.242 e. The predicted octanol–water partition coefficient (Wildman–Crippen LogP) is 1.24. The highest BCUT2D eigenvalue weighted by atomic mass is 16.2. The predicted molar refractivity (Wildman–Crippen MR) is 110 cm³/mol. The molecule has 2 amide bonds. The molecular formula is C20H26N6O2. The number of aromatic nitrogens is 2. The van der Waals surface area contributed by atoms with Crippen LogP contribution in [0.4, 0.5) is 17.3 Å². The second-order valence-corrected chi connectivity index (χ2v) is 6.93. The van der Waals surface area contributed by atoms with Crippen molar-refractivity contribution >= 4 is 29.1 Å². The second kappa shape index (κ2) is 8.69. The summed E-state index contributed by atoms with van der Waals surface area (Å²) in [4.78, 5) is 40.8. The van der Waals surface area contributed by atoms with Crippen molar-refractivity contribution in [2.45, 2.75) is 6.92 Å². The fourth-order valence-electron chi connectivity index (χ4n) is 3.16. The minimum atomic E-state index is -0.151. The molecule has 0 unspecified atom stereocenters. The number of carbonyl (C=O) groups is 2. The summed E-state index contributed by atoms with van der Waals surface area (Å²) < 4.78 is 0. The molecule has 1 aliphatic rings. The first-order chi connectivity index (χ1) is 13.5. The minimum absolute atomic E-state index is 0.0402. The van der Waals surface area contributed by atoms with E-state index in [1.165, 1.54) is 11.8 Å². The highest BCUT2D eigenvalue weighted by Crippen LogP contribution is 2.20. The topological polar surface area (TPSA) is 72.9 Å². The Bertz CT molecular complexity index is 801. The van der Waals surface area contributed by atoms with E-state index in [1.54, 1.807) is 23.4 Å². The summed E-state index contributed by atoms with van der Waals surface area (Å²) in [5.41, 5.74) is 1.76. The number of piperazine rings is 1. The standard InChI is InChI=1S/C20H26N6O2/c1-16(27)26(18-7-5-17(6-8-18)23(2)3)15-19(28)24-11-13-25(14-12-24)20-21-9-4-10-22-20/h4-10H,11-15H2,1-3H3. The number of carbonyl (C=O) groups excluding carboxylic acids is 2. The Labute approximate surface area is 165 Å². The van der Waals surface area contributed by atoms with Crippen LogP contribution in [0.15, 0.2) is 42.7 Å². The Morgan fingerprint density at radius 1 is 0.964 bits per heavy atom. The molecule has 0 saturated carbocycles. The van der Waals surface area contributed by atoms with Crippen LogP contribution in [0.1, 0.15) is 6.92 Å². The number of nitrogens with zero attached hydrogens (tertiary/aromatic N) is 6. The Kier molecular flexibility index (Phi) is 6.08. The van der Waals surface area contributed by atoms with Crippen LogP contribution in [-0.4, -0.2) is 73.5 Å². The molecule has 2 heterocycles. The van der Waals surface area contributed by atoms with E-state index in [-0.39, 0.29) is 18.4 Å². The number of benzene rings is 1. The third-order valence-electron chi connectivity index (χ3n) is 4.82. The van der Waals surface area contributed by atoms with Gasteiger partial charge < -0.3 is 19.6 Å². The van der Waals surface area contributed by atoms with Crippen LogP contribution >= 0.6 is 0 Å². The zero-order chi connectivity index (χ0) is 20.1. The van der Waals surface area contributed by atoms with Crippen LogP contribution < -0.4 is 14.7 Å². The van der Waals surface area contributed by atoms with Crippen molar-refractivity contribution in [3.8, 4) is 0 Å². The molecule has 0 atom stereocenters. The van der Waals surface area contributed by atoms with Gasteiger partial charge in [0.05, 0.1) is 0 Å². The lowest BCUT2D eigenvalue weighted by Gasteiger charge is -2.35. The van der Waals surface area contributed by atoms with Crippen molar-refractivity contribution in [3.05, 3.63) is 42.7 Å². The van der Waals surface area contributed by atoms with Gasteiger partial charge in [-0.1, -0.05) is 0 Å². The Morgan fingerprint density at radius 2 is 1.54 bits per heavy atom. The molecule has 148 valence electrons. The van der Waals surface area contributed by atoms with E-state index in [2.05, 4.69) is 14.9 Å². The van der Waals surface area contributed by atoms with Gasteiger partial charge in [0, 0.05) is 71.0 Å². The summed E-state index contributed by atoms with van der Waals surface area (Å²) in [5, 5.41) is 0. The minimum Gasteiger partial charge on any atom is -0.378 e. The Hall–Kier alpha value is -3.16. The molecule has 1 aliphatic heterocycles. The number of rotatable bonds is 5. The number of hydrogen-bond donors (Lipinski definition) is 0. The van der Waals surface area contributed by atoms with Crippen LogP contribution in [0.25, 0.3) is 0 Å². The zero-order valence-electron chi connectivity index (χ0n) is 16.6. The van der Waals surface area contributed by atoms with E-state index in [4.69, 9.17) is 0 Å². The van der Waals surface area contributed by atoms with Gasteiger partial charge in [0.1, 0.15) is 6.54 Å². The molecule has 0 aliphatic carbocycles. The van der Waals surface area contributed by atoms with Crippen molar-refractivity contribution in [2.24, 2.45) is 0 Å². The van der Waals surface area contributed by atoms with Gasteiger partial charge in [-0.2, -0.15) is 0 Å². The van der Waals surface area contributed by atoms with Crippen molar-refractivity contribution in [2.75, 3.05) is 61.5 Å². The third-order valence-corrected chi connectivity index (χ3v) is 4.82. The molecular weight excluding hydrogens is 356 g/mol. The maximum Gasteiger partial charge on any atom is 0.242 e. The van der Waals surface area contributed by atoms with Gasteiger partial charge >= 0.3 is 0 Å². The lowest BCUT2D eigenvalue weighted by atomic mass is 10.2. The first-order valence-electron chi connectivity index (χ1n) is 9.31. The molecule has 0 bridgehead atoms. The summed E-state index contributed by atoms with van der Waals surface area (Å²) in [5.74, 6) is 0.476. The van der Waals surface area contributed by atoms with Crippen LogP contribution in [0.2, 0.25) is 0 Å². The van der Waals surface area contributed by atoms with Crippen molar-refractivity contribution in [3.63, 3.8) is 0 Å². The molecule has 1 aromatic heterocycles. The van der Waals surface area contributed by atoms with Gasteiger partial charge in [0.25, 0.3) is 0 Å². The highest BCUT2D eigenvalue weighted by Gasteiger charge is 2.25. The SMILES string of the molecule is CC(=O)N(CC(=O)N1CCN(c2ncccn2)CC1)c1ccc(N(C)C)cc1. The van der Waals surface area contributed by atoms with E-state index in [0.29, 0.717) is 32.1 Å². The molecule has 1 saturated heterocycles. The van der Waals surface area contributed by atoms with E-state index >= 15 is 0 Å². The lowest BCUT2D eigenvalue weighted by molar-refractivity contribution is -0.131. The molecule has 8 nitrogen and oxygen atoms in total. The number of amides is 2. The zero-order valence-corrected chi connectivity index (χ0v) is 16.6. The monoisotopic (exact) mass is 382 g/mol. The Balaban J connectivity index is 1.61. The summed E-state index contributed by atoms with van der Waals surface area (Å²) in [6.07, 6.45) is 3.43. The first-order valence-corrected chi connectivity index (χ1v) is 9.31. The molecule has 0 radical (unpaired) electrons. The average Bonchev–Trinajstić information content (AvgIpc) is 2.72. The van der Waals surface area contributed by atoms with Crippen LogP contribution in [0, 0.1) is 0 Å².